The summed E-state index contributed by atoms with van der Waals surface area (Å²) in [6.07, 6.45) is 0.840. The molecule has 3 heterocycles. The van der Waals surface area contributed by atoms with Crippen LogP contribution in [0.1, 0.15) is 30.5 Å². The lowest BCUT2D eigenvalue weighted by Gasteiger charge is -2.39. The number of hydrogen-bond acceptors (Lipinski definition) is 5. The van der Waals surface area contributed by atoms with Crippen molar-refractivity contribution >= 4 is 23.9 Å². The zero-order valence-electron chi connectivity index (χ0n) is 14.3. The number of fused-ring (bicyclic) bond motifs is 1. The number of nitrogens with one attached hydrogen (secondary N) is 1. The average Bonchev–Trinajstić information content (AvgIpc) is 2.57. The molecule has 0 aromatic carbocycles. The van der Waals surface area contributed by atoms with E-state index in [1.165, 1.54) is 11.1 Å². The molecule has 0 aliphatic carbocycles. The van der Waals surface area contributed by atoms with Gasteiger partial charge in [0.1, 0.15) is 10.5 Å². The number of nitriles is 1. The molecule has 0 atom stereocenters. The predicted molar refractivity (Wildman–Crippen MR) is 93.3 cm³/mol. The summed E-state index contributed by atoms with van der Waals surface area (Å²) in [5, 5.41) is 8.75. The van der Waals surface area contributed by atoms with E-state index >= 15 is 0 Å². The Kier molecular flexibility index (Phi) is 4.37. The van der Waals surface area contributed by atoms with E-state index in [2.05, 4.69) is 30.7 Å². The summed E-state index contributed by atoms with van der Waals surface area (Å²) in [5.41, 5.74) is 3.38. The van der Waals surface area contributed by atoms with Crippen LogP contribution in [0.25, 0.3) is 0 Å². The molecule has 1 amide bonds. The minimum Gasteiger partial charge on any atom is -0.370 e. The van der Waals surface area contributed by atoms with Crippen molar-refractivity contribution in [1.82, 2.24) is 9.88 Å². The van der Waals surface area contributed by atoms with E-state index < -0.39 is 5.91 Å². The van der Waals surface area contributed by atoms with Gasteiger partial charge < -0.3 is 19.5 Å². The van der Waals surface area contributed by atoms with Crippen molar-refractivity contribution in [2.45, 2.75) is 39.4 Å². The quantitative estimate of drug-likeness (QED) is 0.623. The second kappa shape index (κ2) is 6.19. The average molecular weight is 346 g/mol. The minimum absolute atomic E-state index is 0.184. The first kappa shape index (κ1) is 16.9. The number of amides is 1. The summed E-state index contributed by atoms with van der Waals surface area (Å²) in [6.45, 7) is 9.26. The van der Waals surface area contributed by atoms with Gasteiger partial charge in [-0.3, -0.25) is 4.79 Å². The number of rotatable bonds is 1. The van der Waals surface area contributed by atoms with Crippen LogP contribution in [-0.2, 0) is 22.6 Å². The van der Waals surface area contributed by atoms with E-state index in [0.29, 0.717) is 32.8 Å². The zero-order chi connectivity index (χ0) is 17.5. The molecule has 1 fully saturated rings. The first-order chi connectivity index (χ1) is 11.3. The lowest BCUT2D eigenvalue weighted by Crippen LogP contribution is -2.49. The number of H-pyrrole nitrogens is 1. The number of aromatic nitrogens is 1. The second-order valence-electron chi connectivity index (χ2n) is 7.00. The Morgan fingerprint density at radius 2 is 1.96 bits per heavy atom. The smallest absolute Gasteiger partial charge is 0.325 e. The van der Waals surface area contributed by atoms with Crippen molar-refractivity contribution in [1.29, 1.82) is 5.26 Å². The molecule has 1 saturated heterocycles. The molecule has 0 bridgehead atoms. The van der Waals surface area contributed by atoms with Crippen molar-refractivity contribution in [2.75, 3.05) is 31.1 Å². The molecule has 0 radical (unpaired) electrons. The van der Waals surface area contributed by atoms with E-state index in [1.54, 1.807) is 11.0 Å². The van der Waals surface area contributed by atoms with Crippen LogP contribution in [-0.4, -0.2) is 47.6 Å². The molecule has 6 nitrogen and oxygen atoms in total. The molecule has 1 aromatic heterocycles. The van der Waals surface area contributed by atoms with Crippen LogP contribution in [0.2, 0.25) is 0 Å². The molecule has 7 heteroatoms. The molecule has 24 heavy (non-hydrogen) atoms. The van der Waals surface area contributed by atoms with Crippen LogP contribution < -0.4 is 4.90 Å². The van der Waals surface area contributed by atoms with Crippen LogP contribution >= 0.6 is 12.2 Å². The maximum atomic E-state index is 11.5. The Morgan fingerprint density at radius 3 is 2.58 bits per heavy atom. The molecule has 3 rings (SSSR count). The Labute approximate surface area is 147 Å². The molecule has 2 aliphatic rings. The minimum atomic E-state index is -0.460. The summed E-state index contributed by atoms with van der Waals surface area (Å²) in [7, 11) is 0. The van der Waals surface area contributed by atoms with Gasteiger partial charge in [0.15, 0.2) is 6.07 Å². The highest BCUT2D eigenvalue weighted by Gasteiger charge is 2.31. The van der Waals surface area contributed by atoms with Gasteiger partial charge in [-0.15, -0.1) is 0 Å². The van der Waals surface area contributed by atoms with Gasteiger partial charge in [-0.2, -0.15) is 5.26 Å². The van der Waals surface area contributed by atoms with E-state index in [1.807, 2.05) is 0 Å². The molecule has 128 valence electrons. The van der Waals surface area contributed by atoms with Crippen LogP contribution in [0.15, 0.2) is 0 Å². The molecule has 0 unspecified atom stereocenters. The van der Waals surface area contributed by atoms with Crippen LogP contribution in [0.3, 0.4) is 0 Å². The van der Waals surface area contributed by atoms with Crippen molar-refractivity contribution in [3.8, 4) is 6.07 Å². The van der Waals surface area contributed by atoms with Gasteiger partial charge in [-0.05, 0) is 31.9 Å². The number of anilines is 1. The number of ether oxygens (including phenoxy) is 1. The van der Waals surface area contributed by atoms with Gasteiger partial charge >= 0.3 is 5.91 Å². The number of piperazine rings is 1. The second-order valence-corrected chi connectivity index (χ2v) is 7.41. The predicted octanol–water partition coefficient (Wildman–Crippen LogP) is 2.08. The standard InChI is InChI=1S/C17H22N4O2S/c1-11-12-8-17(2,3)23-10-13(12)15(19-16(11)24)21-6-4-20(5-7-21)14(22)9-18/h4-8,10H2,1-3H3,(H,19,24). The summed E-state index contributed by atoms with van der Waals surface area (Å²) in [5.74, 6) is 0.541. The summed E-state index contributed by atoms with van der Waals surface area (Å²) < 4.78 is 6.77. The number of hydrogen-bond donors (Lipinski definition) is 1. The number of pyridine rings is 1. The van der Waals surface area contributed by atoms with E-state index in [9.17, 15) is 4.79 Å². The molecular formula is C17H22N4O2S. The molecule has 1 aromatic rings. The first-order valence-electron chi connectivity index (χ1n) is 8.15. The van der Waals surface area contributed by atoms with Crippen LogP contribution in [0, 0.1) is 22.9 Å². The molecule has 2 aliphatic heterocycles. The Morgan fingerprint density at radius 1 is 1.29 bits per heavy atom. The maximum Gasteiger partial charge on any atom is 0.325 e. The summed E-state index contributed by atoms with van der Waals surface area (Å²) in [6, 6.07) is 1.69. The highest BCUT2D eigenvalue weighted by Crippen LogP contribution is 2.35. The number of carbonyl (C=O) groups excluding carboxylic acids is 1. The van der Waals surface area contributed by atoms with Crippen molar-refractivity contribution in [3.05, 3.63) is 21.3 Å². The van der Waals surface area contributed by atoms with Gasteiger partial charge in [0, 0.05) is 38.2 Å². The van der Waals surface area contributed by atoms with Crippen LogP contribution in [0.5, 0.6) is 0 Å². The highest BCUT2D eigenvalue weighted by atomic mass is 32.1. The fourth-order valence-corrected chi connectivity index (χ4v) is 3.62. The van der Waals surface area contributed by atoms with Gasteiger partial charge in [0.25, 0.3) is 0 Å². The molecule has 1 N–H and O–H groups in total. The van der Waals surface area contributed by atoms with Crippen molar-refractivity contribution in [3.63, 3.8) is 0 Å². The number of nitrogens with zero attached hydrogens (tertiary/aromatic N) is 3. The number of aromatic amines is 1. The zero-order valence-corrected chi connectivity index (χ0v) is 15.1. The molecule has 0 spiro atoms. The van der Waals surface area contributed by atoms with Crippen molar-refractivity contribution < 1.29 is 9.53 Å². The lowest BCUT2D eigenvalue weighted by molar-refractivity contribution is -0.125. The van der Waals surface area contributed by atoms with Gasteiger partial charge in [0.05, 0.1) is 12.2 Å². The Bertz CT molecular complexity index is 770. The van der Waals surface area contributed by atoms with E-state index in [-0.39, 0.29) is 5.60 Å². The third kappa shape index (κ3) is 3.04. The topological polar surface area (TPSA) is 72.4 Å². The summed E-state index contributed by atoms with van der Waals surface area (Å²) >= 11 is 5.52. The third-order valence-corrected chi connectivity index (χ3v) is 5.27. The summed E-state index contributed by atoms with van der Waals surface area (Å²) in [4.78, 5) is 18.7. The Hall–Kier alpha value is -1.91. The molecular weight excluding hydrogens is 324 g/mol. The maximum absolute atomic E-state index is 11.5. The third-order valence-electron chi connectivity index (χ3n) is 4.86. The van der Waals surface area contributed by atoms with Gasteiger partial charge in [-0.1, -0.05) is 12.2 Å². The van der Waals surface area contributed by atoms with Crippen molar-refractivity contribution in [2.24, 2.45) is 0 Å². The SMILES string of the molecule is Cc1c2c(c(N3CCN(C(=O)C#N)CC3)[nH]c1=S)COC(C)(C)C2. The fourth-order valence-electron chi connectivity index (χ4n) is 3.40. The van der Waals surface area contributed by atoms with Crippen LogP contribution in [0.4, 0.5) is 5.82 Å². The van der Waals surface area contributed by atoms with E-state index in [4.69, 9.17) is 22.2 Å². The largest absolute Gasteiger partial charge is 0.370 e. The monoisotopic (exact) mass is 346 g/mol. The van der Waals surface area contributed by atoms with Gasteiger partial charge in [-0.25, -0.2) is 0 Å². The fraction of sp³-hybridized carbons (Fsp3) is 0.588. The Balaban J connectivity index is 1.91. The normalized spacial score (nSPS) is 19.6. The van der Waals surface area contributed by atoms with Gasteiger partial charge in [0.2, 0.25) is 0 Å². The first-order valence-corrected chi connectivity index (χ1v) is 8.56. The number of carbonyl (C=O) groups is 1. The molecule has 0 saturated carbocycles. The highest BCUT2D eigenvalue weighted by molar-refractivity contribution is 7.71. The van der Waals surface area contributed by atoms with E-state index in [0.717, 1.165) is 22.4 Å². The lowest BCUT2D eigenvalue weighted by atomic mass is 9.89.